The molecule has 0 aromatic rings. The maximum Gasteiger partial charge on any atom is 0.410 e. The van der Waals surface area contributed by atoms with Crippen LogP contribution in [-0.2, 0) is 9.47 Å². The highest BCUT2D eigenvalue weighted by atomic mass is 16.6. The molecule has 1 fully saturated rings. The summed E-state index contributed by atoms with van der Waals surface area (Å²) in [5, 5.41) is 3.61. The van der Waals surface area contributed by atoms with E-state index in [-0.39, 0.29) is 6.09 Å². The summed E-state index contributed by atoms with van der Waals surface area (Å²) in [6.07, 6.45) is 1.89. The third kappa shape index (κ3) is 6.13. The molecule has 0 radical (unpaired) electrons. The van der Waals surface area contributed by atoms with E-state index in [1.807, 2.05) is 25.7 Å². The van der Waals surface area contributed by atoms with Crippen molar-refractivity contribution >= 4 is 6.09 Å². The lowest BCUT2D eigenvalue weighted by Crippen LogP contribution is -2.43. The number of nitrogens with zero attached hydrogens (tertiary/aromatic N) is 1. The van der Waals surface area contributed by atoms with Gasteiger partial charge in [0.2, 0.25) is 0 Å². The van der Waals surface area contributed by atoms with E-state index in [4.69, 9.17) is 9.47 Å². The van der Waals surface area contributed by atoms with Crippen LogP contribution >= 0.6 is 0 Å². The van der Waals surface area contributed by atoms with Gasteiger partial charge in [0.05, 0.1) is 0 Å². The van der Waals surface area contributed by atoms with E-state index in [1.165, 1.54) is 0 Å². The summed E-state index contributed by atoms with van der Waals surface area (Å²) in [5.41, 5.74) is -0.429. The molecule has 130 valence electrons. The average Bonchev–Trinajstić information content (AvgIpc) is 2.89. The normalized spacial score (nSPS) is 21.7. The fourth-order valence-corrected chi connectivity index (χ4v) is 3.12. The van der Waals surface area contributed by atoms with Crippen LogP contribution in [0.15, 0.2) is 0 Å². The summed E-state index contributed by atoms with van der Waals surface area (Å²) >= 11 is 0. The zero-order valence-electron chi connectivity index (χ0n) is 15.1. The van der Waals surface area contributed by atoms with Crippen molar-refractivity contribution in [2.24, 2.45) is 11.8 Å². The van der Waals surface area contributed by atoms with E-state index in [0.29, 0.717) is 17.9 Å². The van der Waals surface area contributed by atoms with Gasteiger partial charge in [-0.15, -0.1) is 0 Å². The van der Waals surface area contributed by atoms with Crippen LogP contribution in [0.4, 0.5) is 4.79 Å². The molecule has 5 nitrogen and oxygen atoms in total. The van der Waals surface area contributed by atoms with Crippen LogP contribution in [0.25, 0.3) is 0 Å². The highest BCUT2D eigenvalue weighted by Gasteiger charge is 2.35. The highest BCUT2D eigenvalue weighted by Crippen LogP contribution is 2.27. The van der Waals surface area contributed by atoms with E-state index in [2.05, 4.69) is 19.2 Å². The lowest BCUT2D eigenvalue weighted by Gasteiger charge is -2.30. The summed E-state index contributed by atoms with van der Waals surface area (Å²) in [5.74, 6) is 1.02. The molecule has 1 aliphatic heterocycles. The van der Waals surface area contributed by atoms with E-state index in [0.717, 1.165) is 39.1 Å². The number of likely N-dealkylation sites (tertiary alicyclic amines) is 1. The first-order chi connectivity index (χ1) is 10.3. The summed E-state index contributed by atoms with van der Waals surface area (Å²) in [6, 6.07) is 0.424. The molecule has 1 N–H and O–H groups in total. The number of rotatable bonds is 7. The number of nitrogens with one attached hydrogen (secondary N) is 1. The fourth-order valence-electron chi connectivity index (χ4n) is 3.12. The van der Waals surface area contributed by atoms with Crippen molar-refractivity contribution in [1.82, 2.24) is 10.2 Å². The second kappa shape index (κ2) is 8.73. The molecule has 0 aromatic heterocycles. The first-order valence-electron chi connectivity index (χ1n) is 8.48. The van der Waals surface area contributed by atoms with Gasteiger partial charge in [-0.1, -0.05) is 13.8 Å². The number of ether oxygens (including phenoxy) is 2. The summed E-state index contributed by atoms with van der Waals surface area (Å²) in [7, 11) is 1.74. The molecule has 1 rings (SSSR count). The van der Waals surface area contributed by atoms with Crippen molar-refractivity contribution in [3.05, 3.63) is 0 Å². The molecule has 5 heteroatoms. The minimum atomic E-state index is -0.429. The van der Waals surface area contributed by atoms with Gasteiger partial charge in [0.25, 0.3) is 0 Å². The molecule has 0 aliphatic carbocycles. The van der Waals surface area contributed by atoms with Crippen LogP contribution in [0.1, 0.15) is 47.5 Å². The molecule has 3 atom stereocenters. The molecule has 1 aliphatic rings. The molecule has 1 saturated heterocycles. The molecule has 1 heterocycles. The van der Waals surface area contributed by atoms with Crippen molar-refractivity contribution in [2.45, 2.75) is 59.1 Å². The largest absolute Gasteiger partial charge is 0.444 e. The van der Waals surface area contributed by atoms with Gasteiger partial charge >= 0.3 is 6.09 Å². The van der Waals surface area contributed by atoms with Crippen LogP contribution in [0.5, 0.6) is 0 Å². The predicted octanol–water partition coefficient (Wildman–Crippen LogP) is 2.89. The van der Waals surface area contributed by atoms with Crippen molar-refractivity contribution < 1.29 is 14.3 Å². The third-order valence-corrected chi connectivity index (χ3v) is 4.21. The Kier molecular flexibility index (Phi) is 7.63. The molecule has 0 saturated carbocycles. The van der Waals surface area contributed by atoms with E-state index in [1.54, 1.807) is 7.11 Å². The average molecular weight is 314 g/mol. The fraction of sp³-hybridized carbons (Fsp3) is 0.941. The quantitative estimate of drug-likeness (QED) is 0.785. The summed E-state index contributed by atoms with van der Waals surface area (Å²) in [6.45, 7) is 13.4. The molecular weight excluding hydrogens is 280 g/mol. The molecule has 0 spiro atoms. The Balaban J connectivity index is 2.58. The van der Waals surface area contributed by atoms with Crippen molar-refractivity contribution in [3.8, 4) is 0 Å². The number of amides is 1. The maximum atomic E-state index is 12.2. The van der Waals surface area contributed by atoms with Gasteiger partial charge in [0, 0.05) is 32.8 Å². The zero-order valence-corrected chi connectivity index (χ0v) is 15.1. The van der Waals surface area contributed by atoms with Crippen LogP contribution in [-0.4, -0.2) is 56.0 Å². The molecule has 3 unspecified atom stereocenters. The van der Waals surface area contributed by atoms with Gasteiger partial charge in [0.15, 0.2) is 0 Å². The second-order valence-corrected chi connectivity index (χ2v) is 7.32. The van der Waals surface area contributed by atoms with Gasteiger partial charge < -0.3 is 19.7 Å². The minimum absolute atomic E-state index is 0.185. The Morgan fingerprint density at radius 1 is 1.41 bits per heavy atom. The summed E-state index contributed by atoms with van der Waals surface area (Å²) in [4.78, 5) is 14.0. The number of hydrogen-bond acceptors (Lipinski definition) is 4. The van der Waals surface area contributed by atoms with Crippen LogP contribution in [0, 0.1) is 11.8 Å². The molecule has 1 amide bonds. The monoisotopic (exact) mass is 314 g/mol. The van der Waals surface area contributed by atoms with E-state index >= 15 is 0 Å². The molecule has 22 heavy (non-hydrogen) atoms. The van der Waals surface area contributed by atoms with Gasteiger partial charge in [0.1, 0.15) is 5.60 Å². The number of carbonyl (C=O) groups excluding carboxylic acids is 1. The highest BCUT2D eigenvalue weighted by molar-refractivity contribution is 5.68. The van der Waals surface area contributed by atoms with Crippen molar-refractivity contribution in [1.29, 1.82) is 0 Å². The van der Waals surface area contributed by atoms with Crippen molar-refractivity contribution in [3.63, 3.8) is 0 Å². The maximum absolute atomic E-state index is 12.2. The van der Waals surface area contributed by atoms with Gasteiger partial charge in [-0.05, 0) is 52.0 Å². The first-order valence-corrected chi connectivity index (χ1v) is 8.48. The lowest BCUT2D eigenvalue weighted by atomic mass is 9.87. The summed E-state index contributed by atoms with van der Waals surface area (Å²) < 4.78 is 10.7. The Hall–Kier alpha value is -0.810. The minimum Gasteiger partial charge on any atom is -0.444 e. The number of carbonyl (C=O) groups is 1. The van der Waals surface area contributed by atoms with Crippen molar-refractivity contribution in [2.75, 3.05) is 33.4 Å². The van der Waals surface area contributed by atoms with E-state index < -0.39 is 5.60 Å². The van der Waals surface area contributed by atoms with Crippen LogP contribution in [0.2, 0.25) is 0 Å². The predicted molar refractivity (Wildman–Crippen MR) is 89.0 cm³/mol. The van der Waals surface area contributed by atoms with Gasteiger partial charge in [-0.25, -0.2) is 4.79 Å². The third-order valence-electron chi connectivity index (χ3n) is 4.21. The van der Waals surface area contributed by atoms with Crippen LogP contribution in [0.3, 0.4) is 0 Å². The first kappa shape index (κ1) is 19.2. The Bertz CT molecular complexity index is 341. The van der Waals surface area contributed by atoms with Gasteiger partial charge in [-0.3, -0.25) is 0 Å². The standard InChI is InChI=1S/C17H34N2O3/c1-7-18-15(13(2)9-11-21-6)14-8-10-19(12-14)16(20)22-17(3,4)5/h13-15,18H,7-12H2,1-6H3. The SMILES string of the molecule is CCNC(C(C)CCOC)C1CCN(C(=O)OC(C)(C)C)C1. The molecular formula is C17H34N2O3. The van der Waals surface area contributed by atoms with Crippen LogP contribution < -0.4 is 5.32 Å². The number of methoxy groups -OCH3 is 1. The Labute approximate surface area is 135 Å². The topological polar surface area (TPSA) is 50.8 Å². The second-order valence-electron chi connectivity index (χ2n) is 7.32. The lowest BCUT2D eigenvalue weighted by molar-refractivity contribution is 0.0282. The zero-order chi connectivity index (χ0) is 16.8. The van der Waals surface area contributed by atoms with E-state index in [9.17, 15) is 4.79 Å². The molecule has 0 bridgehead atoms. The van der Waals surface area contributed by atoms with Gasteiger partial charge in [-0.2, -0.15) is 0 Å². The number of hydrogen-bond donors (Lipinski definition) is 1. The molecule has 0 aromatic carbocycles. The Morgan fingerprint density at radius 2 is 2.09 bits per heavy atom. The Morgan fingerprint density at radius 3 is 2.64 bits per heavy atom. The smallest absolute Gasteiger partial charge is 0.410 e.